The summed E-state index contributed by atoms with van der Waals surface area (Å²) in [5, 5.41) is 2.33. The summed E-state index contributed by atoms with van der Waals surface area (Å²) >= 11 is 0. The fraction of sp³-hybridized carbons (Fsp3) is 0.417. The van der Waals surface area contributed by atoms with Gasteiger partial charge in [-0.3, -0.25) is 4.79 Å². The summed E-state index contributed by atoms with van der Waals surface area (Å²) in [6.07, 6.45) is -4.38. The summed E-state index contributed by atoms with van der Waals surface area (Å²) in [5.74, 6) is -1.07. The van der Waals surface area contributed by atoms with Crippen LogP contribution >= 0.6 is 0 Å². The molecule has 1 aromatic carbocycles. The molecule has 0 aliphatic rings. The highest BCUT2D eigenvalue weighted by atomic mass is 19.4. The summed E-state index contributed by atoms with van der Waals surface area (Å²) in [7, 11) is 0. The average Bonchev–Trinajstić information content (AvgIpc) is 2.30. The number of alkyl halides is 3. The molecule has 0 unspecified atom stereocenters. The molecule has 0 saturated heterocycles. The van der Waals surface area contributed by atoms with Crippen LogP contribution in [0.15, 0.2) is 18.2 Å². The molecule has 1 aromatic rings. The zero-order valence-corrected chi connectivity index (χ0v) is 10.2. The van der Waals surface area contributed by atoms with E-state index in [0.29, 0.717) is 5.56 Å². The molecule has 0 aliphatic carbocycles. The van der Waals surface area contributed by atoms with Gasteiger partial charge < -0.3 is 10.1 Å². The molecule has 0 spiro atoms. The number of ether oxygens (including phenoxy) is 1. The van der Waals surface area contributed by atoms with Gasteiger partial charge in [-0.05, 0) is 24.6 Å². The zero-order chi connectivity index (χ0) is 14.5. The van der Waals surface area contributed by atoms with E-state index in [-0.39, 0.29) is 18.7 Å². The summed E-state index contributed by atoms with van der Waals surface area (Å²) in [4.78, 5) is 11.5. The van der Waals surface area contributed by atoms with Crippen molar-refractivity contribution in [1.29, 1.82) is 0 Å². The molecule has 0 atom stereocenters. The molecule has 3 nitrogen and oxygen atoms in total. The lowest BCUT2D eigenvalue weighted by molar-refractivity contribution is -0.173. The third-order valence-corrected chi connectivity index (χ3v) is 2.23. The Bertz CT molecular complexity index is 446. The fourth-order valence-electron chi connectivity index (χ4n) is 1.26. The summed E-state index contributed by atoms with van der Waals surface area (Å²) in [6, 6.07) is 3.95. The fourth-order valence-corrected chi connectivity index (χ4v) is 1.26. The van der Waals surface area contributed by atoms with Crippen molar-refractivity contribution in [3.8, 4) is 0 Å². The summed E-state index contributed by atoms with van der Waals surface area (Å²) in [6.45, 7) is -0.145. The first-order valence-corrected chi connectivity index (χ1v) is 5.48. The van der Waals surface area contributed by atoms with Gasteiger partial charge in [0.15, 0.2) is 0 Å². The monoisotopic (exact) mass is 279 g/mol. The number of hydrogen-bond donors (Lipinski definition) is 1. The molecular weight excluding hydrogens is 266 g/mol. The predicted molar refractivity (Wildman–Crippen MR) is 60.3 cm³/mol. The van der Waals surface area contributed by atoms with Gasteiger partial charge in [0, 0.05) is 12.1 Å². The molecule has 7 heteroatoms. The van der Waals surface area contributed by atoms with E-state index in [0.717, 1.165) is 6.07 Å². The summed E-state index contributed by atoms with van der Waals surface area (Å²) in [5.41, 5.74) is 0.518. The molecular formula is C12H13F4NO2. The maximum absolute atomic E-state index is 13.2. The van der Waals surface area contributed by atoms with E-state index in [9.17, 15) is 22.4 Å². The van der Waals surface area contributed by atoms with Gasteiger partial charge in [-0.1, -0.05) is 6.07 Å². The van der Waals surface area contributed by atoms with Crippen LogP contribution in [0.1, 0.15) is 15.9 Å². The van der Waals surface area contributed by atoms with Gasteiger partial charge in [-0.15, -0.1) is 0 Å². The molecule has 1 amide bonds. The lowest BCUT2D eigenvalue weighted by atomic mass is 10.1. The van der Waals surface area contributed by atoms with Gasteiger partial charge >= 0.3 is 6.18 Å². The molecule has 0 bridgehead atoms. The minimum absolute atomic E-state index is 0.0790. The van der Waals surface area contributed by atoms with Gasteiger partial charge in [0.2, 0.25) is 0 Å². The Hall–Kier alpha value is -1.63. The van der Waals surface area contributed by atoms with Crippen LogP contribution in [0.3, 0.4) is 0 Å². The van der Waals surface area contributed by atoms with Crippen molar-refractivity contribution < 1.29 is 27.1 Å². The third kappa shape index (κ3) is 5.69. The SMILES string of the molecule is Cc1ccc(C(=O)NCCOCC(F)(F)F)cc1F. The van der Waals surface area contributed by atoms with Gasteiger partial charge in [0.25, 0.3) is 5.91 Å². The first kappa shape index (κ1) is 15.4. The van der Waals surface area contributed by atoms with Crippen LogP contribution in [-0.2, 0) is 4.74 Å². The minimum atomic E-state index is -4.38. The Labute approximate surface area is 107 Å². The Kier molecular flexibility index (Phi) is 5.29. The number of halogens is 4. The second kappa shape index (κ2) is 6.51. The van der Waals surface area contributed by atoms with Crippen LogP contribution in [0.5, 0.6) is 0 Å². The van der Waals surface area contributed by atoms with Gasteiger partial charge in [-0.2, -0.15) is 13.2 Å². The van der Waals surface area contributed by atoms with E-state index in [1.807, 2.05) is 0 Å². The van der Waals surface area contributed by atoms with Crippen LogP contribution in [0.2, 0.25) is 0 Å². The number of carbonyl (C=O) groups excluding carboxylic acids is 1. The molecule has 1 rings (SSSR count). The molecule has 0 heterocycles. The standard InChI is InChI=1S/C12H13F4NO2/c1-8-2-3-9(6-10(8)13)11(18)17-4-5-19-7-12(14,15)16/h2-3,6H,4-5,7H2,1H3,(H,17,18). The molecule has 0 aliphatic heterocycles. The van der Waals surface area contributed by atoms with Crippen molar-refractivity contribution in [2.45, 2.75) is 13.1 Å². The first-order chi connectivity index (χ1) is 8.79. The lowest BCUT2D eigenvalue weighted by Gasteiger charge is -2.08. The Balaban J connectivity index is 2.33. The average molecular weight is 279 g/mol. The molecule has 0 radical (unpaired) electrons. The molecule has 0 fully saturated rings. The smallest absolute Gasteiger partial charge is 0.370 e. The Morgan fingerprint density at radius 1 is 1.37 bits per heavy atom. The van der Waals surface area contributed by atoms with Crippen molar-refractivity contribution in [3.05, 3.63) is 35.1 Å². The lowest BCUT2D eigenvalue weighted by Crippen LogP contribution is -2.29. The second-order valence-corrected chi connectivity index (χ2v) is 3.89. The molecule has 106 valence electrons. The maximum Gasteiger partial charge on any atom is 0.411 e. The van der Waals surface area contributed by atoms with Crippen LogP contribution in [0.4, 0.5) is 17.6 Å². The van der Waals surface area contributed by atoms with Gasteiger partial charge in [0.05, 0.1) is 6.61 Å². The maximum atomic E-state index is 13.2. The number of aryl methyl sites for hydroxylation is 1. The molecule has 19 heavy (non-hydrogen) atoms. The van der Waals surface area contributed by atoms with Crippen molar-refractivity contribution >= 4 is 5.91 Å². The van der Waals surface area contributed by atoms with E-state index in [2.05, 4.69) is 10.1 Å². The van der Waals surface area contributed by atoms with E-state index in [4.69, 9.17) is 0 Å². The Morgan fingerprint density at radius 3 is 2.63 bits per heavy atom. The van der Waals surface area contributed by atoms with Gasteiger partial charge in [-0.25, -0.2) is 4.39 Å². The number of benzene rings is 1. The number of hydrogen-bond acceptors (Lipinski definition) is 2. The highest BCUT2D eigenvalue weighted by Crippen LogP contribution is 2.14. The van der Waals surface area contributed by atoms with Crippen LogP contribution < -0.4 is 5.32 Å². The van der Waals surface area contributed by atoms with Crippen molar-refractivity contribution in [3.63, 3.8) is 0 Å². The highest BCUT2D eigenvalue weighted by molar-refractivity contribution is 5.94. The molecule has 0 saturated carbocycles. The number of amides is 1. The van der Waals surface area contributed by atoms with Crippen molar-refractivity contribution in [2.24, 2.45) is 0 Å². The van der Waals surface area contributed by atoms with Crippen molar-refractivity contribution in [1.82, 2.24) is 5.32 Å². The van der Waals surface area contributed by atoms with E-state index in [1.54, 1.807) is 6.92 Å². The summed E-state index contributed by atoms with van der Waals surface area (Å²) < 4.78 is 52.7. The number of rotatable bonds is 5. The van der Waals surface area contributed by atoms with E-state index in [1.165, 1.54) is 12.1 Å². The topological polar surface area (TPSA) is 38.3 Å². The minimum Gasteiger partial charge on any atom is -0.370 e. The molecule has 1 N–H and O–H groups in total. The Morgan fingerprint density at radius 2 is 2.05 bits per heavy atom. The van der Waals surface area contributed by atoms with Crippen LogP contribution in [-0.4, -0.2) is 31.8 Å². The van der Waals surface area contributed by atoms with Gasteiger partial charge in [0.1, 0.15) is 12.4 Å². The third-order valence-electron chi connectivity index (χ3n) is 2.23. The van der Waals surface area contributed by atoms with Crippen LogP contribution in [0.25, 0.3) is 0 Å². The highest BCUT2D eigenvalue weighted by Gasteiger charge is 2.27. The van der Waals surface area contributed by atoms with E-state index < -0.39 is 24.5 Å². The van der Waals surface area contributed by atoms with Crippen molar-refractivity contribution in [2.75, 3.05) is 19.8 Å². The van der Waals surface area contributed by atoms with E-state index >= 15 is 0 Å². The quantitative estimate of drug-likeness (QED) is 0.664. The second-order valence-electron chi connectivity index (χ2n) is 3.89. The number of nitrogens with one attached hydrogen (secondary N) is 1. The normalized spacial score (nSPS) is 11.4. The zero-order valence-electron chi connectivity index (χ0n) is 10.2. The van der Waals surface area contributed by atoms with Crippen LogP contribution in [0, 0.1) is 12.7 Å². The molecule has 0 aromatic heterocycles. The first-order valence-electron chi connectivity index (χ1n) is 5.48. The largest absolute Gasteiger partial charge is 0.411 e. The predicted octanol–water partition coefficient (Wildman–Crippen LogP) is 2.44. The number of carbonyl (C=O) groups is 1.